The van der Waals surface area contributed by atoms with Gasteiger partial charge in [-0.05, 0) is 35.7 Å². The molecule has 1 heterocycles. The average molecular weight is 413 g/mol. The summed E-state index contributed by atoms with van der Waals surface area (Å²) < 4.78 is 27.6. The smallest absolute Gasteiger partial charge is 0.241 e. The highest BCUT2D eigenvalue weighted by Gasteiger charge is 2.22. The molecule has 3 aromatic rings. The van der Waals surface area contributed by atoms with Crippen LogP contribution in [0.5, 0.6) is 0 Å². The summed E-state index contributed by atoms with van der Waals surface area (Å²) in [4.78, 5) is 16.5. The molecule has 0 aliphatic rings. The van der Waals surface area contributed by atoms with Crippen LogP contribution in [0.1, 0.15) is 18.1 Å². The summed E-state index contributed by atoms with van der Waals surface area (Å²) in [6, 6.07) is 14.9. The van der Waals surface area contributed by atoms with Gasteiger partial charge in [-0.15, -0.1) is 0 Å². The van der Waals surface area contributed by atoms with Crippen LogP contribution in [-0.4, -0.2) is 36.7 Å². The molecule has 0 saturated carbocycles. The summed E-state index contributed by atoms with van der Waals surface area (Å²) in [6.45, 7) is 2.01. The van der Waals surface area contributed by atoms with Crippen molar-refractivity contribution in [1.82, 2.24) is 14.9 Å². The molecule has 1 aromatic heterocycles. The van der Waals surface area contributed by atoms with E-state index in [-0.39, 0.29) is 12.5 Å². The number of hydrogen-bond donors (Lipinski definition) is 1. The van der Waals surface area contributed by atoms with E-state index in [1.165, 1.54) is 0 Å². The number of imidazole rings is 1. The molecule has 0 aliphatic carbocycles. The standard InChI is InChI=1S/C21H24N4O3S/c1-3-18-6-4-5-7-20(18)25(29(2,27)28)15-21(26)23-14-17-8-10-19(11-9-17)24-13-12-22-16-24/h4-13,16H,3,14-15H2,1-2H3,(H,23,26). The predicted octanol–water partition coefficient (Wildman–Crippen LogP) is 2.52. The predicted molar refractivity (Wildman–Crippen MR) is 113 cm³/mol. The molecule has 0 fully saturated rings. The van der Waals surface area contributed by atoms with Crippen LogP contribution in [-0.2, 0) is 27.8 Å². The number of carbonyl (C=O) groups is 1. The molecule has 29 heavy (non-hydrogen) atoms. The molecule has 1 N–H and O–H groups in total. The third-order valence-electron chi connectivity index (χ3n) is 4.56. The van der Waals surface area contributed by atoms with Crippen LogP contribution in [0.15, 0.2) is 67.3 Å². The Balaban J connectivity index is 1.66. The molecule has 0 spiro atoms. The van der Waals surface area contributed by atoms with Gasteiger partial charge in [-0.3, -0.25) is 9.10 Å². The first-order valence-electron chi connectivity index (χ1n) is 9.28. The Hall–Kier alpha value is -3.13. The SMILES string of the molecule is CCc1ccccc1N(CC(=O)NCc1ccc(-n2ccnc2)cc1)S(C)(=O)=O. The molecular formula is C21H24N4O3S. The molecule has 0 radical (unpaired) electrons. The van der Waals surface area contributed by atoms with Gasteiger partial charge in [-0.25, -0.2) is 13.4 Å². The second-order valence-corrected chi connectivity index (χ2v) is 8.57. The minimum atomic E-state index is -3.60. The van der Waals surface area contributed by atoms with E-state index in [4.69, 9.17) is 0 Å². The Morgan fingerprint density at radius 1 is 1.14 bits per heavy atom. The quantitative estimate of drug-likeness (QED) is 0.616. The van der Waals surface area contributed by atoms with Gasteiger partial charge in [0.2, 0.25) is 15.9 Å². The number of benzene rings is 2. The third-order valence-corrected chi connectivity index (χ3v) is 5.68. The number of nitrogens with one attached hydrogen (secondary N) is 1. The summed E-state index contributed by atoms with van der Waals surface area (Å²) in [6.07, 6.45) is 7.06. The summed E-state index contributed by atoms with van der Waals surface area (Å²) >= 11 is 0. The Kier molecular flexibility index (Phi) is 6.33. The largest absolute Gasteiger partial charge is 0.350 e. The third kappa shape index (κ3) is 5.23. The molecular weight excluding hydrogens is 388 g/mol. The van der Waals surface area contributed by atoms with E-state index in [0.717, 1.165) is 27.4 Å². The maximum absolute atomic E-state index is 12.5. The molecule has 2 aromatic carbocycles. The number of carbonyl (C=O) groups excluding carboxylic acids is 1. The molecule has 0 bridgehead atoms. The van der Waals surface area contributed by atoms with Crippen molar-refractivity contribution >= 4 is 21.6 Å². The van der Waals surface area contributed by atoms with Crippen LogP contribution in [0.2, 0.25) is 0 Å². The van der Waals surface area contributed by atoms with E-state index in [9.17, 15) is 13.2 Å². The van der Waals surface area contributed by atoms with Crippen LogP contribution in [0.25, 0.3) is 5.69 Å². The first-order chi connectivity index (χ1) is 13.9. The number of aromatic nitrogens is 2. The fraction of sp³-hybridized carbons (Fsp3) is 0.238. The molecule has 3 rings (SSSR count). The lowest BCUT2D eigenvalue weighted by molar-refractivity contribution is -0.119. The molecule has 0 aliphatic heterocycles. The van der Waals surface area contributed by atoms with E-state index in [2.05, 4.69) is 10.3 Å². The number of nitrogens with zero attached hydrogens (tertiary/aromatic N) is 3. The Labute approximate surface area is 171 Å². The highest BCUT2D eigenvalue weighted by molar-refractivity contribution is 7.92. The molecule has 152 valence electrons. The van der Waals surface area contributed by atoms with Crippen LogP contribution in [0.3, 0.4) is 0 Å². The van der Waals surface area contributed by atoms with Crippen molar-refractivity contribution in [3.63, 3.8) is 0 Å². The highest BCUT2D eigenvalue weighted by Crippen LogP contribution is 2.23. The fourth-order valence-electron chi connectivity index (χ4n) is 3.02. The first kappa shape index (κ1) is 20.6. The van der Waals surface area contributed by atoms with E-state index < -0.39 is 10.0 Å². The van der Waals surface area contributed by atoms with Crippen LogP contribution < -0.4 is 9.62 Å². The summed E-state index contributed by atoms with van der Waals surface area (Å²) in [5.74, 6) is -0.361. The molecule has 0 atom stereocenters. The number of hydrogen-bond acceptors (Lipinski definition) is 4. The second kappa shape index (κ2) is 8.91. The van der Waals surface area contributed by atoms with E-state index in [0.29, 0.717) is 18.7 Å². The van der Waals surface area contributed by atoms with E-state index in [1.807, 2.05) is 54.1 Å². The Bertz CT molecular complexity index is 1060. The number of sulfonamides is 1. The monoisotopic (exact) mass is 412 g/mol. The number of amides is 1. The van der Waals surface area contributed by atoms with Crippen molar-refractivity contribution in [3.8, 4) is 5.69 Å². The Morgan fingerprint density at radius 3 is 2.48 bits per heavy atom. The Morgan fingerprint density at radius 2 is 1.86 bits per heavy atom. The van der Waals surface area contributed by atoms with Crippen molar-refractivity contribution < 1.29 is 13.2 Å². The minimum absolute atomic E-state index is 0.261. The molecule has 0 saturated heterocycles. The van der Waals surface area contributed by atoms with Gasteiger partial charge in [0.05, 0.1) is 18.3 Å². The van der Waals surface area contributed by atoms with Gasteiger partial charge in [0.15, 0.2) is 0 Å². The van der Waals surface area contributed by atoms with Crippen LogP contribution in [0, 0.1) is 0 Å². The van der Waals surface area contributed by atoms with Crippen LogP contribution >= 0.6 is 0 Å². The van der Waals surface area contributed by atoms with Gasteiger partial charge >= 0.3 is 0 Å². The number of aryl methyl sites for hydroxylation is 1. The zero-order valence-electron chi connectivity index (χ0n) is 16.4. The molecule has 1 amide bonds. The van der Waals surface area contributed by atoms with Gasteiger partial charge in [0.1, 0.15) is 6.54 Å². The van der Waals surface area contributed by atoms with Gasteiger partial charge in [-0.1, -0.05) is 37.3 Å². The lowest BCUT2D eigenvalue weighted by Crippen LogP contribution is -2.40. The van der Waals surface area contributed by atoms with Gasteiger partial charge in [0.25, 0.3) is 0 Å². The summed E-state index contributed by atoms with van der Waals surface area (Å²) in [7, 11) is -3.60. The zero-order valence-corrected chi connectivity index (χ0v) is 17.3. The highest BCUT2D eigenvalue weighted by atomic mass is 32.2. The lowest BCUT2D eigenvalue weighted by atomic mass is 10.1. The van der Waals surface area contributed by atoms with Crippen molar-refractivity contribution in [1.29, 1.82) is 0 Å². The summed E-state index contributed by atoms with van der Waals surface area (Å²) in [5, 5.41) is 2.80. The number of para-hydroxylation sites is 1. The maximum Gasteiger partial charge on any atom is 0.241 e. The van der Waals surface area contributed by atoms with Crippen LogP contribution in [0.4, 0.5) is 5.69 Å². The normalized spacial score (nSPS) is 11.2. The topological polar surface area (TPSA) is 84.3 Å². The molecule has 8 heteroatoms. The van der Waals surface area contributed by atoms with Crippen molar-refractivity contribution in [3.05, 3.63) is 78.4 Å². The maximum atomic E-state index is 12.5. The minimum Gasteiger partial charge on any atom is -0.350 e. The van der Waals surface area contributed by atoms with Gasteiger partial charge in [0, 0.05) is 24.6 Å². The summed E-state index contributed by atoms with van der Waals surface area (Å²) in [5.41, 5.74) is 3.30. The van der Waals surface area contributed by atoms with Crippen molar-refractivity contribution in [2.45, 2.75) is 19.9 Å². The average Bonchev–Trinajstić information content (AvgIpc) is 3.25. The van der Waals surface area contributed by atoms with Gasteiger partial charge in [-0.2, -0.15) is 0 Å². The zero-order chi connectivity index (χ0) is 20.9. The first-order valence-corrected chi connectivity index (χ1v) is 11.1. The molecule has 7 nitrogen and oxygen atoms in total. The number of rotatable bonds is 8. The van der Waals surface area contributed by atoms with Gasteiger partial charge < -0.3 is 9.88 Å². The van der Waals surface area contributed by atoms with Crippen molar-refractivity contribution in [2.75, 3.05) is 17.1 Å². The van der Waals surface area contributed by atoms with Crippen molar-refractivity contribution in [2.24, 2.45) is 0 Å². The lowest BCUT2D eigenvalue weighted by Gasteiger charge is -2.24. The molecule has 0 unspecified atom stereocenters. The van der Waals surface area contributed by atoms with E-state index in [1.54, 1.807) is 24.7 Å². The van der Waals surface area contributed by atoms with E-state index >= 15 is 0 Å². The number of anilines is 1. The fourth-order valence-corrected chi connectivity index (χ4v) is 3.91. The second-order valence-electron chi connectivity index (χ2n) is 6.67.